The average molecular weight is 344 g/mol. The summed E-state index contributed by atoms with van der Waals surface area (Å²) in [5, 5.41) is 3.67. The number of benzene rings is 2. The SMILES string of the molecule is CC(=O)c1cccc(NC(=O)Nc2c(F)c(F)c(F)c(F)c2F)c1. The smallest absolute Gasteiger partial charge is 0.308 e. The van der Waals surface area contributed by atoms with E-state index in [0.717, 1.165) is 0 Å². The summed E-state index contributed by atoms with van der Waals surface area (Å²) >= 11 is 0. The summed E-state index contributed by atoms with van der Waals surface area (Å²) in [5.41, 5.74) is -1.14. The molecule has 0 bridgehead atoms. The van der Waals surface area contributed by atoms with Gasteiger partial charge in [-0.05, 0) is 19.1 Å². The number of anilines is 2. The lowest BCUT2D eigenvalue weighted by molar-refractivity contribution is 0.101. The summed E-state index contributed by atoms with van der Waals surface area (Å²) in [4.78, 5) is 22.9. The fourth-order valence-electron chi connectivity index (χ4n) is 1.81. The molecule has 9 heteroatoms. The van der Waals surface area contributed by atoms with Gasteiger partial charge in [0, 0.05) is 11.3 Å². The molecule has 0 atom stereocenters. The second-order valence-corrected chi connectivity index (χ2v) is 4.66. The van der Waals surface area contributed by atoms with Crippen molar-refractivity contribution in [3.05, 3.63) is 58.9 Å². The highest BCUT2D eigenvalue weighted by atomic mass is 19.2. The molecule has 0 aliphatic heterocycles. The number of rotatable bonds is 3. The molecule has 4 nitrogen and oxygen atoms in total. The molecule has 2 aromatic rings. The van der Waals surface area contributed by atoms with Crippen LogP contribution in [0.2, 0.25) is 0 Å². The van der Waals surface area contributed by atoms with E-state index in [1.165, 1.54) is 31.2 Å². The van der Waals surface area contributed by atoms with Gasteiger partial charge in [-0.1, -0.05) is 12.1 Å². The van der Waals surface area contributed by atoms with E-state index < -0.39 is 40.8 Å². The molecule has 2 aromatic carbocycles. The van der Waals surface area contributed by atoms with E-state index in [4.69, 9.17) is 0 Å². The zero-order chi connectivity index (χ0) is 18.0. The number of hydrogen-bond donors (Lipinski definition) is 2. The third-order valence-electron chi connectivity index (χ3n) is 2.98. The van der Waals surface area contributed by atoms with Gasteiger partial charge in [0.25, 0.3) is 0 Å². The lowest BCUT2D eigenvalue weighted by atomic mass is 10.1. The van der Waals surface area contributed by atoms with Gasteiger partial charge in [-0.2, -0.15) is 0 Å². The fourth-order valence-corrected chi connectivity index (χ4v) is 1.81. The van der Waals surface area contributed by atoms with E-state index in [9.17, 15) is 31.5 Å². The molecular weight excluding hydrogens is 335 g/mol. The van der Waals surface area contributed by atoms with Crippen LogP contribution in [0.15, 0.2) is 24.3 Å². The number of amides is 2. The summed E-state index contributed by atoms with van der Waals surface area (Å²) in [6.07, 6.45) is 0. The molecule has 0 aromatic heterocycles. The molecule has 0 fully saturated rings. The highest BCUT2D eigenvalue weighted by Gasteiger charge is 2.26. The van der Waals surface area contributed by atoms with E-state index in [1.54, 1.807) is 5.32 Å². The third-order valence-corrected chi connectivity index (χ3v) is 2.98. The summed E-state index contributed by atoms with van der Waals surface area (Å²) in [5.74, 6) is -11.3. The number of halogens is 5. The van der Waals surface area contributed by atoms with Crippen LogP contribution in [0.4, 0.5) is 38.1 Å². The van der Waals surface area contributed by atoms with Crippen molar-refractivity contribution in [1.82, 2.24) is 0 Å². The van der Waals surface area contributed by atoms with Crippen LogP contribution in [0.5, 0.6) is 0 Å². The number of nitrogens with one attached hydrogen (secondary N) is 2. The van der Waals surface area contributed by atoms with Gasteiger partial charge < -0.3 is 10.6 Å². The minimum absolute atomic E-state index is 0.0871. The Morgan fingerprint density at radius 1 is 0.833 bits per heavy atom. The Kier molecular flexibility index (Phi) is 4.82. The zero-order valence-corrected chi connectivity index (χ0v) is 12.0. The monoisotopic (exact) mass is 344 g/mol. The molecule has 24 heavy (non-hydrogen) atoms. The highest BCUT2D eigenvalue weighted by molar-refractivity contribution is 6.01. The van der Waals surface area contributed by atoms with Crippen LogP contribution in [0.1, 0.15) is 17.3 Å². The molecule has 2 N–H and O–H groups in total. The second kappa shape index (κ2) is 6.65. The number of urea groups is 1. The van der Waals surface area contributed by atoms with E-state index in [1.807, 2.05) is 0 Å². The Hall–Kier alpha value is -2.97. The Morgan fingerprint density at radius 3 is 1.92 bits per heavy atom. The second-order valence-electron chi connectivity index (χ2n) is 4.66. The molecule has 126 valence electrons. The van der Waals surface area contributed by atoms with Crippen LogP contribution in [0, 0.1) is 29.1 Å². The average Bonchev–Trinajstić information content (AvgIpc) is 2.55. The lowest BCUT2D eigenvalue weighted by Gasteiger charge is -2.11. The molecule has 0 heterocycles. The molecule has 0 radical (unpaired) electrons. The van der Waals surface area contributed by atoms with Crippen molar-refractivity contribution in [3.8, 4) is 0 Å². The van der Waals surface area contributed by atoms with Gasteiger partial charge in [-0.25, -0.2) is 26.7 Å². The van der Waals surface area contributed by atoms with Crippen LogP contribution in [-0.4, -0.2) is 11.8 Å². The number of ketones is 1. The third kappa shape index (κ3) is 3.34. The van der Waals surface area contributed by atoms with Crippen LogP contribution in [-0.2, 0) is 0 Å². The molecule has 0 unspecified atom stereocenters. The maximum absolute atomic E-state index is 13.5. The first-order valence-electron chi connectivity index (χ1n) is 6.42. The number of carbonyl (C=O) groups is 2. The van der Waals surface area contributed by atoms with Crippen molar-refractivity contribution in [1.29, 1.82) is 0 Å². The molecule has 0 saturated heterocycles. The topological polar surface area (TPSA) is 58.2 Å². The van der Waals surface area contributed by atoms with E-state index in [-0.39, 0.29) is 17.0 Å². The number of carbonyl (C=O) groups excluding carboxylic acids is 2. The summed E-state index contributed by atoms with van der Waals surface area (Å²) < 4.78 is 65.9. The van der Waals surface area contributed by atoms with Crippen LogP contribution in [0.3, 0.4) is 0 Å². The molecular formula is C15H9F5N2O2. The molecule has 0 spiro atoms. The summed E-state index contributed by atoms with van der Waals surface area (Å²) in [6.45, 7) is 1.29. The maximum atomic E-state index is 13.5. The minimum atomic E-state index is -2.33. The van der Waals surface area contributed by atoms with Crippen molar-refractivity contribution in [2.45, 2.75) is 6.92 Å². The predicted molar refractivity (Wildman–Crippen MR) is 75.3 cm³/mol. The van der Waals surface area contributed by atoms with Gasteiger partial charge in [0.05, 0.1) is 0 Å². The first-order valence-corrected chi connectivity index (χ1v) is 6.42. The van der Waals surface area contributed by atoms with Gasteiger partial charge in [-0.15, -0.1) is 0 Å². The van der Waals surface area contributed by atoms with Crippen LogP contribution >= 0.6 is 0 Å². The van der Waals surface area contributed by atoms with E-state index >= 15 is 0 Å². The predicted octanol–water partition coefficient (Wildman–Crippen LogP) is 4.23. The first-order chi connectivity index (χ1) is 11.2. The van der Waals surface area contributed by atoms with Crippen molar-refractivity contribution in [3.63, 3.8) is 0 Å². The molecule has 2 amide bonds. The lowest BCUT2D eigenvalue weighted by Crippen LogP contribution is -2.22. The Morgan fingerprint density at radius 2 is 1.38 bits per heavy atom. The number of Topliss-reactive ketones (excluding diaryl/α,β-unsaturated/α-hetero) is 1. The molecule has 0 saturated carbocycles. The van der Waals surface area contributed by atoms with Crippen molar-refractivity contribution in [2.24, 2.45) is 0 Å². The van der Waals surface area contributed by atoms with Gasteiger partial charge in [-0.3, -0.25) is 4.79 Å². The molecule has 0 aliphatic carbocycles. The van der Waals surface area contributed by atoms with Gasteiger partial charge in [0.15, 0.2) is 29.1 Å². The zero-order valence-electron chi connectivity index (χ0n) is 12.0. The minimum Gasteiger partial charge on any atom is -0.308 e. The standard InChI is InChI=1S/C15H9F5N2O2/c1-6(23)7-3-2-4-8(5-7)21-15(24)22-14-12(19)10(17)9(16)11(18)13(14)20/h2-5H,1H3,(H2,21,22,24). The van der Waals surface area contributed by atoms with Crippen molar-refractivity contribution >= 4 is 23.2 Å². The quantitative estimate of drug-likeness (QED) is 0.379. The number of hydrogen-bond acceptors (Lipinski definition) is 2. The Bertz CT molecular complexity index is 810. The molecule has 2 rings (SSSR count). The Labute approximate surface area is 132 Å². The van der Waals surface area contributed by atoms with Crippen LogP contribution < -0.4 is 10.6 Å². The highest BCUT2D eigenvalue weighted by Crippen LogP contribution is 2.27. The maximum Gasteiger partial charge on any atom is 0.323 e. The van der Waals surface area contributed by atoms with Crippen LogP contribution in [0.25, 0.3) is 0 Å². The normalized spacial score (nSPS) is 10.4. The van der Waals surface area contributed by atoms with Crippen molar-refractivity contribution < 1.29 is 31.5 Å². The van der Waals surface area contributed by atoms with Gasteiger partial charge in [0.2, 0.25) is 5.82 Å². The van der Waals surface area contributed by atoms with Crippen molar-refractivity contribution in [2.75, 3.05) is 10.6 Å². The van der Waals surface area contributed by atoms with Gasteiger partial charge in [0.1, 0.15) is 5.69 Å². The van der Waals surface area contributed by atoms with E-state index in [0.29, 0.717) is 0 Å². The molecule has 0 aliphatic rings. The summed E-state index contributed by atoms with van der Waals surface area (Å²) in [7, 11) is 0. The fraction of sp³-hybridized carbons (Fsp3) is 0.0667. The summed E-state index contributed by atoms with van der Waals surface area (Å²) in [6, 6.07) is 4.30. The van der Waals surface area contributed by atoms with Gasteiger partial charge >= 0.3 is 6.03 Å². The first kappa shape index (κ1) is 17.4. The Balaban J connectivity index is 2.25. The largest absolute Gasteiger partial charge is 0.323 e. The van der Waals surface area contributed by atoms with E-state index in [2.05, 4.69) is 5.32 Å².